The normalized spacial score (nSPS) is 13.8. The minimum atomic E-state index is -0.527. The van der Waals surface area contributed by atoms with Gasteiger partial charge in [0, 0.05) is 0 Å². The fourth-order valence-corrected chi connectivity index (χ4v) is 0. The molecule has 0 heterocycles. The van der Waals surface area contributed by atoms with Crippen LogP contribution in [-0.2, 0) is 11.8 Å². The molecule has 0 bridgehead atoms. The fraction of sp³-hybridized carbons (Fsp3) is 0.333. The average molecular weight is 106 g/mol. The zero-order valence-electron chi connectivity index (χ0n) is 3.19. The molecular formula is C3H7PS. The third-order valence-corrected chi connectivity index (χ3v) is 1.36. The quantitative estimate of drug-likeness (QED) is 0.456. The number of hydrogen-bond acceptors (Lipinski definition) is 1. The second kappa shape index (κ2) is 2.62. The molecule has 0 aliphatic carbocycles. The van der Waals surface area contributed by atoms with Crippen molar-refractivity contribution in [3.05, 3.63) is 12.4 Å². The van der Waals surface area contributed by atoms with E-state index < -0.39 is 6.70 Å². The minimum absolute atomic E-state index is 0.527. The molecule has 0 aromatic carbocycles. The predicted octanol–water partition coefficient (Wildman–Crippen LogP) is 1.44. The van der Waals surface area contributed by atoms with Crippen LogP contribution in [0.3, 0.4) is 0 Å². The summed E-state index contributed by atoms with van der Waals surface area (Å²) in [5.74, 6) is 1.83. The van der Waals surface area contributed by atoms with Crippen LogP contribution in [0.2, 0.25) is 0 Å². The Hall–Kier alpha value is 0.390. The summed E-state index contributed by atoms with van der Waals surface area (Å²) in [6, 6.07) is 0. The van der Waals surface area contributed by atoms with Gasteiger partial charge in [0.1, 0.15) is 0 Å². The van der Waals surface area contributed by atoms with Crippen LogP contribution >= 0.6 is 6.70 Å². The van der Waals surface area contributed by atoms with Gasteiger partial charge in [0.05, 0.1) is 0 Å². The SMILES string of the molecule is C=C[PH](C)=S. The molecule has 1 atom stereocenters. The Morgan fingerprint density at radius 1 is 2.00 bits per heavy atom. The van der Waals surface area contributed by atoms with Crippen molar-refractivity contribution >= 4 is 18.5 Å². The first-order chi connectivity index (χ1) is 2.27. The highest BCUT2D eigenvalue weighted by Gasteiger charge is 1.60. The summed E-state index contributed by atoms with van der Waals surface area (Å²) in [5.41, 5.74) is 0. The van der Waals surface area contributed by atoms with E-state index in [4.69, 9.17) is 11.8 Å². The summed E-state index contributed by atoms with van der Waals surface area (Å²) < 4.78 is 0. The molecule has 2 heteroatoms. The van der Waals surface area contributed by atoms with Crippen LogP contribution in [0.15, 0.2) is 12.4 Å². The Balaban J connectivity index is 3.20. The third kappa shape index (κ3) is 4.39. The van der Waals surface area contributed by atoms with Crippen molar-refractivity contribution < 1.29 is 0 Å². The van der Waals surface area contributed by atoms with Crippen LogP contribution in [-0.4, -0.2) is 6.66 Å². The maximum Gasteiger partial charge on any atom is -0.0346 e. The Morgan fingerprint density at radius 2 is 2.20 bits per heavy atom. The molecule has 0 aromatic rings. The number of rotatable bonds is 1. The van der Waals surface area contributed by atoms with Crippen molar-refractivity contribution in [2.45, 2.75) is 0 Å². The molecule has 0 fully saturated rings. The maximum absolute atomic E-state index is 4.76. The third-order valence-electron chi connectivity index (χ3n) is 0.287. The standard InChI is InChI=1S/C3H7PS/c1-3-4(2)5/h3-4H,1H2,2H3. The second-order valence-corrected chi connectivity index (χ2v) is 4.38. The highest BCUT2D eigenvalue weighted by Crippen LogP contribution is 2.12. The van der Waals surface area contributed by atoms with E-state index in [1.54, 1.807) is 0 Å². The maximum atomic E-state index is 4.76. The van der Waals surface area contributed by atoms with E-state index in [0.29, 0.717) is 0 Å². The lowest BCUT2D eigenvalue weighted by Gasteiger charge is -1.70. The summed E-state index contributed by atoms with van der Waals surface area (Å²) in [6.07, 6.45) is 0. The highest BCUT2D eigenvalue weighted by molar-refractivity contribution is 8.06. The molecule has 5 heavy (non-hydrogen) atoms. The Labute approximate surface area is 38.3 Å². The van der Waals surface area contributed by atoms with Crippen LogP contribution in [0.5, 0.6) is 0 Å². The molecule has 30 valence electrons. The van der Waals surface area contributed by atoms with Crippen LogP contribution < -0.4 is 0 Å². The molecule has 0 N–H and O–H groups in total. The van der Waals surface area contributed by atoms with Gasteiger partial charge in [-0.3, -0.25) is 0 Å². The van der Waals surface area contributed by atoms with E-state index in [2.05, 4.69) is 6.58 Å². The van der Waals surface area contributed by atoms with Gasteiger partial charge < -0.3 is 0 Å². The molecule has 0 spiro atoms. The Kier molecular flexibility index (Phi) is 2.82. The lowest BCUT2D eigenvalue weighted by atomic mass is 11.3. The summed E-state index contributed by atoms with van der Waals surface area (Å²) in [6.45, 7) is 5.00. The van der Waals surface area contributed by atoms with E-state index >= 15 is 0 Å². The number of hydrogen-bond donors (Lipinski definition) is 0. The molecular weight excluding hydrogens is 99.1 g/mol. The lowest BCUT2D eigenvalue weighted by Crippen LogP contribution is -1.31. The summed E-state index contributed by atoms with van der Waals surface area (Å²) in [5, 5.41) is 0. The van der Waals surface area contributed by atoms with Crippen LogP contribution in [0.4, 0.5) is 0 Å². The molecule has 0 saturated carbocycles. The van der Waals surface area contributed by atoms with Crippen molar-refractivity contribution in [3.8, 4) is 0 Å². The lowest BCUT2D eigenvalue weighted by molar-refractivity contribution is 2.41. The van der Waals surface area contributed by atoms with E-state index in [-0.39, 0.29) is 0 Å². The highest BCUT2D eigenvalue weighted by atomic mass is 32.4. The molecule has 0 radical (unpaired) electrons. The summed E-state index contributed by atoms with van der Waals surface area (Å²) >= 11 is 4.76. The van der Waals surface area contributed by atoms with E-state index in [1.165, 1.54) is 0 Å². The molecule has 0 aliphatic rings. The van der Waals surface area contributed by atoms with Gasteiger partial charge in [-0.05, 0) is 13.4 Å². The molecule has 0 amide bonds. The van der Waals surface area contributed by atoms with Gasteiger partial charge in [0.2, 0.25) is 0 Å². The van der Waals surface area contributed by atoms with Crippen LogP contribution in [0.1, 0.15) is 0 Å². The van der Waals surface area contributed by atoms with Gasteiger partial charge in [-0.1, -0.05) is 24.2 Å². The Bertz CT molecular complexity index is 57.9. The van der Waals surface area contributed by atoms with Gasteiger partial charge in [-0.15, -0.1) is 0 Å². The second-order valence-electron chi connectivity index (χ2n) is 0.815. The molecule has 0 rings (SSSR count). The molecule has 0 aliphatic heterocycles. The van der Waals surface area contributed by atoms with Crippen LogP contribution in [0.25, 0.3) is 0 Å². The fourth-order valence-electron chi connectivity index (χ4n) is 0. The zero-order valence-corrected chi connectivity index (χ0v) is 5.01. The van der Waals surface area contributed by atoms with Crippen molar-refractivity contribution in [2.75, 3.05) is 6.66 Å². The van der Waals surface area contributed by atoms with Crippen molar-refractivity contribution in [1.82, 2.24) is 0 Å². The van der Waals surface area contributed by atoms with E-state index in [9.17, 15) is 0 Å². The van der Waals surface area contributed by atoms with Gasteiger partial charge in [0.25, 0.3) is 0 Å². The van der Waals surface area contributed by atoms with E-state index in [0.717, 1.165) is 0 Å². The van der Waals surface area contributed by atoms with Crippen molar-refractivity contribution in [3.63, 3.8) is 0 Å². The van der Waals surface area contributed by atoms with Crippen LogP contribution in [0, 0.1) is 0 Å². The van der Waals surface area contributed by atoms with Gasteiger partial charge in [-0.2, -0.15) is 0 Å². The van der Waals surface area contributed by atoms with E-state index in [1.807, 2.05) is 12.5 Å². The monoisotopic (exact) mass is 106 g/mol. The molecule has 0 saturated heterocycles. The predicted molar refractivity (Wildman–Crippen MR) is 31.8 cm³/mol. The smallest absolute Gasteiger partial charge is 0.0346 e. The first kappa shape index (κ1) is 5.39. The average Bonchev–Trinajstić information content (AvgIpc) is 1.38. The van der Waals surface area contributed by atoms with Gasteiger partial charge in [0.15, 0.2) is 0 Å². The summed E-state index contributed by atoms with van der Waals surface area (Å²) in [7, 11) is 0. The Morgan fingerprint density at radius 3 is 2.20 bits per heavy atom. The zero-order chi connectivity index (χ0) is 4.28. The first-order valence-corrected chi connectivity index (χ1v) is 4.61. The first-order valence-electron chi connectivity index (χ1n) is 1.40. The van der Waals surface area contributed by atoms with Gasteiger partial charge in [-0.25, -0.2) is 0 Å². The molecule has 1 unspecified atom stereocenters. The molecule has 0 aromatic heterocycles. The molecule has 0 nitrogen and oxygen atoms in total. The largest absolute Gasteiger partial charge is 0.0981 e. The minimum Gasteiger partial charge on any atom is -0.0981 e. The topological polar surface area (TPSA) is 0 Å². The van der Waals surface area contributed by atoms with Gasteiger partial charge >= 0.3 is 0 Å². The summed E-state index contributed by atoms with van der Waals surface area (Å²) in [4.78, 5) is 0. The van der Waals surface area contributed by atoms with Crippen molar-refractivity contribution in [2.24, 2.45) is 0 Å². The van der Waals surface area contributed by atoms with Crippen molar-refractivity contribution in [1.29, 1.82) is 0 Å².